The van der Waals surface area contributed by atoms with Gasteiger partial charge in [-0.15, -0.1) is 0 Å². The average molecular weight is 411 g/mol. The first-order valence-corrected chi connectivity index (χ1v) is 11.6. The molecular formula is C20H34N4O3S. The van der Waals surface area contributed by atoms with Crippen molar-refractivity contribution in [1.82, 2.24) is 9.21 Å². The third-order valence-corrected chi connectivity index (χ3v) is 7.23. The molecule has 28 heavy (non-hydrogen) atoms. The summed E-state index contributed by atoms with van der Waals surface area (Å²) in [6.45, 7) is 10.1. The number of carbonyl (C=O) groups is 1. The summed E-state index contributed by atoms with van der Waals surface area (Å²) in [7, 11) is -1.49. The predicted molar refractivity (Wildman–Crippen MR) is 114 cm³/mol. The third-order valence-electron chi connectivity index (χ3n) is 5.19. The Labute approximate surface area is 169 Å². The molecule has 0 aliphatic carbocycles. The first-order chi connectivity index (χ1) is 13.3. The van der Waals surface area contributed by atoms with E-state index in [1.54, 1.807) is 12.1 Å². The molecule has 1 aromatic rings. The molecule has 0 saturated carbocycles. The minimum atomic E-state index is -3.58. The SMILES string of the molecule is CCCCC(=O)Nc1cc(S(=O)(=O)N(CC)CC)ccc1N1CCN(C)CC1. The predicted octanol–water partition coefficient (Wildman–Crippen LogP) is 2.60. The molecule has 158 valence electrons. The summed E-state index contributed by atoms with van der Waals surface area (Å²) >= 11 is 0. The van der Waals surface area contributed by atoms with Gasteiger partial charge in [-0.25, -0.2) is 8.42 Å². The third kappa shape index (κ3) is 5.46. The Morgan fingerprint density at radius 2 is 1.75 bits per heavy atom. The van der Waals surface area contributed by atoms with Gasteiger partial charge < -0.3 is 15.1 Å². The van der Waals surface area contributed by atoms with E-state index in [-0.39, 0.29) is 10.8 Å². The van der Waals surface area contributed by atoms with Crippen LogP contribution in [0.3, 0.4) is 0 Å². The van der Waals surface area contributed by atoms with Crippen molar-refractivity contribution in [1.29, 1.82) is 0 Å². The summed E-state index contributed by atoms with van der Waals surface area (Å²) < 4.78 is 27.3. The summed E-state index contributed by atoms with van der Waals surface area (Å²) in [4.78, 5) is 17.1. The van der Waals surface area contributed by atoms with Gasteiger partial charge in [0.05, 0.1) is 16.3 Å². The molecule has 0 radical (unpaired) electrons. The molecule has 0 aromatic heterocycles. The number of hydrogen-bond acceptors (Lipinski definition) is 5. The second-order valence-electron chi connectivity index (χ2n) is 7.21. The van der Waals surface area contributed by atoms with Crippen molar-refractivity contribution in [3.05, 3.63) is 18.2 Å². The van der Waals surface area contributed by atoms with Gasteiger partial charge in [-0.3, -0.25) is 4.79 Å². The van der Waals surface area contributed by atoms with Gasteiger partial charge in [0.15, 0.2) is 0 Å². The Morgan fingerprint density at radius 1 is 1.11 bits per heavy atom. The van der Waals surface area contributed by atoms with Gasteiger partial charge >= 0.3 is 0 Å². The van der Waals surface area contributed by atoms with Crippen LogP contribution in [0, 0.1) is 0 Å². The van der Waals surface area contributed by atoms with E-state index in [2.05, 4.69) is 22.2 Å². The van der Waals surface area contributed by atoms with Crippen LogP contribution in [0.15, 0.2) is 23.1 Å². The monoisotopic (exact) mass is 410 g/mol. The first kappa shape index (κ1) is 22.6. The second-order valence-corrected chi connectivity index (χ2v) is 9.15. The Balaban J connectivity index is 2.38. The molecule has 1 aliphatic heterocycles. The molecule has 1 heterocycles. The lowest BCUT2D eigenvalue weighted by molar-refractivity contribution is -0.116. The van der Waals surface area contributed by atoms with Gasteiger partial charge in [-0.2, -0.15) is 4.31 Å². The van der Waals surface area contributed by atoms with Gasteiger partial charge in [0.1, 0.15) is 0 Å². The zero-order valence-corrected chi connectivity index (χ0v) is 18.4. The fraction of sp³-hybridized carbons (Fsp3) is 0.650. The van der Waals surface area contributed by atoms with E-state index in [1.807, 2.05) is 26.8 Å². The number of piperazine rings is 1. The van der Waals surface area contributed by atoms with E-state index in [1.165, 1.54) is 4.31 Å². The van der Waals surface area contributed by atoms with E-state index >= 15 is 0 Å². The molecule has 1 aliphatic rings. The first-order valence-electron chi connectivity index (χ1n) is 10.2. The molecule has 1 aromatic carbocycles. The second kappa shape index (κ2) is 10.2. The van der Waals surface area contributed by atoms with Crippen LogP contribution in [0.2, 0.25) is 0 Å². The van der Waals surface area contributed by atoms with E-state index in [9.17, 15) is 13.2 Å². The number of unbranched alkanes of at least 4 members (excludes halogenated alkanes) is 1. The Kier molecular flexibility index (Phi) is 8.27. The molecule has 0 unspecified atom stereocenters. The van der Waals surface area contributed by atoms with Crippen LogP contribution in [0.4, 0.5) is 11.4 Å². The van der Waals surface area contributed by atoms with Crippen LogP contribution < -0.4 is 10.2 Å². The number of nitrogens with zero attached hydrogens (tertiary/aromatic N) is 3. The topological polar surface area (TPSA) is 73.0 Å². The van der Waals surface area contributed by atoms with Crippen molar-refractivity contribution < 1.29 is 13.2 Å². The summed E-state index contributed by atoms with van der Waals surface area (Å²) in [6, 6.07) is 5.10. The highest BCUT2D eigenvalue weighted by Crippen LogP contribution is 2.31. The number of nitrogens with one attached hydrogen (secondary N) is 1. The Bertz CT molecular complexity index is 755. The van der Waals surface area contributed by atoms with Crippen LogP contribution >= 0.6 is 0 Å². The van der Waals surface area contributed by atoms with Crippen LogP contribution in [-0.4, -0.2) is 69.8 Å². The maximum Gasteiger partial charge on any atom is 0.243 e. The molecular weight excluding hydrogens is 376 g/mol. The molecule has 0 spiro atoms. The molecule has 2 rings (SSSR count). The van der Waals surface area contributed by atoms with Crippen molar-refractivity contribution >= 4 is 27.3 Å². The lowest BCUT2D eigenvalue weighted by atomic mass is 10.2. The standard InChI is InChI=1S/C20H34N4O3S/c1-5-8-9-20(25)21-18-16-17(28(26,27)24(6-2)7-3)10-11-19(18)23-14-12-22(4)13-15-23/h10-11,16H,5-9,12-15H2,1-4H3,(H,21,25). The smallest absolute Gasteiger partial charge is 0.243 e. The molecule has 8 heteroatoms. The maximum absolute atomic E-state index is 12.9. The lowest BCUT2D eigenvalue weighted by Crippen LogP contribution is -2.44. The largest absolute Gasteiger partial charge is 0.367 e. The number of amides is 1. The molecule has 1 saturated heterocycles. The summed E-state index contributed by atoms with van der Waals surface area (Å²) in [5.74, 6) is -0.0744. The Morgan fingerprint density at radius 3 is 2.32 bits per heavy atom. The molecule has 1 N–H and O–H groups in total. The number of benzene rings is 1. The highest BCUT2D eigenvalue weighted by atomic mass is 32.2. The fourth-order valence-electron chi connectivity index (χ4n) is 3.36. The van der Waals surface area contributed by atoms with Crippen molar-refractivity contribution in [3.63, 3.8) is 0 Å². The highest BCUT2D eigenvalue weighted by molar-refractivity contribution is 7.89. The van der Waals surface area contributed by atoms with Crippen LogP contribution in [0.1, 0.15) is 40.0 Å². The quantitative estimate of drug-likeness (QED) is 0.677. The molecule has 7 nitrogen and oxygen atoms in total. The van der Waals surface area contributed by atoms with Crippen LogP contribution in [-0.2, 0) is 14.8 Å². The number of sulfonamides is 1. The van der Waals surface area contributed by atoms with Crippen molar-refractivity contribution in [2.45, 2.75) is 44.9 Å². The van der Waals surface area contributed by atoms with Gasteiger partial charge in [0.2, 0.25) is 15.9 Å². The number of hydrogen-bond donors (Lipinski definition) is 1. The van der Waals surface area contributed by atoms with Gasteiger partial charge in [-0.1, -0.05) is 27.2 Å². The maximum atomic E-state index is 12.9. The minimum Gasteiger partial charge on any atom is -0.367 e. The van der Waals surface area contributed by atoms with Crippen molar-refractivity contribution in [2.24, 2.45) is 0 Å². The normalized spacial score (nSPS) is 15.8. The van der Waals surface area contributed by atoms with E-state index in [0.717, 1.165) is 44.7 Å². The minimum absolute atomic E-state index is 0.0744. The number of rotatable bonds is 9. The van der Waals surface area contributed by atoms with E-state index in [0.29, 0.717) is 25.2 Å². The number of likely N-dealkylation sites (N-methyl/N-ethyl adjacent to an activating group) is 1. The summed E-state index contributed by atoms with van der Waals surface area (Å²) in [5.41, 5.74) is 1.47. The fourth-order valence-corrected chi connectivity index (χ4v) is 4.85. The molecule has 1 amide bonds. The van der Waals surface area contributed by atoms with Crippen molar-refractivity contribution in [3.8, 4) is 0 Å². The zero-order valence-electron chi connectivity index (χ0n) is 17.6. The summed E-state index contributed by atoms with van der Waals surface area (Å²) in [5, 5.41) is 2.96. The Hall–Kier alpha value is -1.64. The zero-order chi connectivity index (χ0) is 20.7. The summed E-state index contributed by atoms with van der Waals surface area (Å²) in [6.07, 6.45) is 2.19. The van der Waals surface area contributed by atoms with E-state index in [4.69, 9.17) is 0 Å². The van der Waals surface area contributed by atoms with Gasteiger partial charge in [-0.05, 0) is 31.7 Å². The number of anilines is 2. The molecule has 0 bridgehead atoms. The van der Waals surface area contributed by atoms with Crippen LogP contribution in [0.25, 0.3) is 0 Å². The number of carbonyl (C=O) groups excluding carboxylic acids is 1. The molecule has 0 atom stereocenters. The average Bonchev–Trinajstić information content (AvgIpc) is 2.68. The van der Waals surface area contributed by atoms with Crippen LogP contribution in [0.5, 0.6) is 0 Å². The molecule has 1 fully saturated rings. The lowest BCUT2D eigenvalue weighted by Gasteiger charge is -2.35. The highest BCUT2D eigenvalue weighted by Gasteiger charge is 2.25. The van der Waals surface area contributed by atoms with Crippen molar-refractivity contribution in [2.75, 3.05) is 56.5 Å². The van der Waals surface area contributed by atoms with Gasteiger partial charge in [0.25, 0.3) is 0 Å². The van der Waals surface area contributed by atoms with Gasteiger partial charge in [0, 0.05) is 45.7 Å². The van der Waals surface area contributed by atoms with E-state index < -0.39 is 10.0 Å².